The molecule has 0 aliphatic rings. The second-order valence-corrected chi connectivity index (χ2v) is 7.00. The molecule has 0 radical (unpaired) electrons. The molecule has 0 saturated heterocycles. The third kappa shape index (κ3) is 3.85. The van der Waals surface area contributed by atoms with E-state index in [0.717, 1.165) is 9.92 Å². The normalized spacial score (nSPS) is 10.5. The van der Waals surface area contributed by atoms with Gasteiger partial charge in [0.1, 0.15) is 0 Å². The molecule has 3 aromatic carbocycles. The predicted molar refractivity (Wildman–Crippen MR) is 92.6 cm³/mol. The fourth-order valence-corrected chi connectivity index (χ4v) is 4.25. The summed E-state index contributed by atoms with van der Waals surface area (Å²) in [7, 11) is 0. The maximum atomic E-state index is 6.41. The molecule has 0 spiro atoms. The molecule has 0 aromatic heterocycles. The minimum absolute atomic E-state index is 0.796. The highest BCUT2D eigenvalue weighted by Gasteiger charge is 2.10. The fourth-order valence-electron chi connectivity index (χ4n) is 1.89. The van der Waals surface area contributed by atoms with Crippen LogP contribution >= 0.6 is 35.1 Å². The van der Waals surface area contributed by atoms with Gasteiger partial charge in [0.15, 0.2) is 0 Å². The van der Waals surface area contributed by atoms with Gasteiger partial charge in [0.2, 0.25) is 0 Å². The molecule has 0 atom stereocenters. The Morgan fingerprint density at radius 2 is 1.14 bits per heavy atom. The average molecular weight is 329 g/mol. The first-order valence-corrected chi connectivity index (χ1v) is 8.58. The van der Waals surface area contributed by atoms with E-state index in [1.165, 1.54) is 14.7 Å². The van der Waals surface area contributed by atoms with Crippen LogP contribution in [0.15, 0.2) is 98.4 Å². The van der Waals surface area contributed by atoms with Crippen molar-refractivity contribution in [2.45, 2.75) is 19.6 Å². The van der Waals surface area contributed by atoms with E-state index in [9.17, 15) is 0 Å². The summed E-state index contributed by atoms with van der Waals surface area (Å²) in [5.74, 6) is 0. The molecule has 21 heavy (non-hydrogen) atoms. The summed E-state index contributed by atoms with van der Waals surface area (Å²) in [6.45, 7) is 0. The van der Waals surface area contributed by atoms with Gasteiger partial charge in [-0.15, -0.1) is 0 Å². The topological polar surface area (TPSA) is 0 Å². The molecule has 0 fully saturated rings. The SMILES string of the molecule is Clc1cccc(Sc2ccccc2)c1Sc1ccccc1. The maximum absolute atomic E-state index is 6.41. The average Bonchev–Trinajstić information content (AvgIpc) is 2.53. The van der Waals surface area contributed by atoms with Crippen molar-refractivity contribution >= 4 is 35.1 Å². The zero-order chi connectivity index (χ0) is 14.5. The Morgan fingerprint density at radius 3 is 1.76 bits per heavy atom. The molecule has 3 rings (SSSR count). The summed E-state index contributed by atoms with van der Waals surface area (Å²) in [4.78, 5) is 4.71. The smallest absolute Gasteiger partial charge is 0.0556 e. The van der Waals surface area contributed by atoms with E-state index < -0.39 is 0 Å². The van der Waals surface area contributed by atoms with Crippen LogP contribution in [0, 0.1) is 0 Å². The van der Waals surface area contributed by atoms with Crippen LogP contribution in [0.2, 0.25) is 5.02 Å². The molecule has 0 bridgehead atoms. The van der Waals surface area contributed by atoms with E-state index in [-0.39, 0.29) is 0 Å². The second kappa shape index (κ2) is 7.08. The fraction of sp³-hybridized carbons (Fsp3) is 0. The lowest BCUT2D eigenvalue weighted by Gasteiger charge is -2.10. The Kier molecular flexibility index (Phi) is 4.91. The molecule has 3 aromatic rings. The lowest BCUT2D eigenvalue weighted by Crippen LogP contribution is -1.82. The first kappa shape index (κ1) is 14.6. The summed E-state index contributed by atoms with van der Waals surface area (Å²) in [5, 5.41) is 0.796. The van der Waals surface area contributed by atoms with Crippen molar-refractivity contribution in [2.75, 3.05) is 0 Å². The van der Waals surface area contributed by atoms with Gasteiger partial charge in [-0.05, 0) is 36.4 Å². The molecule has 0 N–H and O–H groups in total. The van der Waals surface area contributed by atoms with E-state index in [2.05, 4.69) is 42.5 Å². The van der Waals surface area contributed by atoms with Crippen LogP contribution in [-0.4, -0.2) is 0 Å². The van der Waals surface area contributed by atoms with Gasteiger partial charge in [-0.25, -0.2) is 0 Å². The van der Waals surface area contributed by atoms with Crippen molar-refractivity contribution in [3.63, 3.8) is 0 Å². The minimum Gasteiger partial charge on any atom is -0.0889 e. The predicted octanol–water partition coefficient (Wildman–Crippen LogP) is 6.64. The standard InChI is InChI=1S/C18H13ClS2/c19-16-12-7-13-17(20-14-8-3-1-4-9-14)18(16)21-15-10-5-2-6-11-15/h1-13H. The Hall–Kier alpha value is -1.35. The molecule has 0 heterocycles. The van der Waals surface area contributed by atoms with Gasteiger partial charge in [0.05, 0.1) is 5.02 Å². The minimum atomic E-state index is 0.796. The molecule has 0 saturated carbocycles. The molecule has 0 nitrogen and oxygen atoms in total. The van der Waals surface area contributed by atoms with Gasteiger partial charge in [0, 0.05) is 19.6 Å². The summed E-state index contributed by atoms with van der Waals surface area (Å²) in [6.07, 6.45) is 0. The number of rotatable bonds is 4. The number of hydrogen-bond donors (Lipinski definition) is 0. The van der Waals surface area contributed by atoms with Crippen LogP contribution < -0.4 is 0 Å². The van der Waals surface area contributed by atoms with Gasteiger partial charge in [-0.1, -0.05) is 77.6 Å². The summed E-state index contributed by atoms with van der Waals surface area (Å²) < 4.78 is 0. The van der Waals surface area contributed by atoms with E-state index in [0.29, 0.717) is 0 Å². The van der Waals surface area contributed by atoms with Crippen molar-refractivity contribution in [1.82, 2.24) is 0 Å². The lowest BCUT2D eigenvalue weighted by molar-refractivity contribution is 1.23. The number of halogens is 1. The Balaban J connectivity index is 1.92. The third-order valence-electron chi connectivity index (χ3n) is 2.86. The maximum Gasteiger partial charge on any atom is 0.0556 e. The lowest BCUT2D eigenvalue weighted by atomic mass is 10.3. The summed E-state index contributed by atoms with van der Waals surface area (Å²) >= 11 is 9.86. The second-order valence-electron chi connectivity index (χ2n) is 4.40. The van der Waals surface area contributed by atoms with Crippen molar-refractivity contribution in [3.8, 4) is 0 Å². The number of benzene rings is 3. The van der Waals surface area contributed by atoms with Gasteiger partial charge in [-0.2, -0.15) is 0 Å². The van der Waals surface area contributed by atoms with Crippen LogP contribution in [0.25, 0.3) is 0 Å². The van der Waals surface area contributed by atoms with Gasteiger partial charge in [-0.3, -0.25) is 0 Å². The highest BCUT2D eigenvalue weighted by molar-refractivity contribution is 8.02. The van der Waals surface area contributed by atoms with Crippen LogP contribution in [0.4, 0.5) is 0 Å². The molecule has 104 valence electrons. The van der Waals surface area contributed by atoms with Crippen molar-refractivity contribution in [1.29, 1.82) is 0 Å². The Bertz CT molecular complexity index is 712. The molecule has 0 amide bonds. The van der Waals surface area contributed by atoms with Crippen molar-refractivity contribution in [2.24, 2.45) is 0 Å². The highest BCUT2D eigenvalue weighted by atomic mass is 35.5. The Morgan fingerprint density at radius 1 is 0.571 bits per heavy atom. The van der Waals surface area contributed by atoms with Crippen LogP contribution in [0.5, 0.6) is 0 Å². The quantitative estimate of drug-likeness (QED) is 0.526. The van der Waals surface area contributed by atoms with Gasteiger partial charge >= 0.3 is 0 Å². The monoisotopic (exact) mass is 328 g/mol. The van der Waals surface area contributed by atoms with E-state index in [1.807, 2.05) is 36.4 Å². The molecule has 3 heteroatoms. The van der Waals surface area contributed by atoms with Crippen LogP contribution in [-0.2, 0) is 0 Å². The first-order valence-electron chi connectivity index (χ1n) is 6.57. The Labute approximate surface area is 138 Å². The molecule has 0 aliphatic carbocycles. The van der Waals surface area contributed by atoms with Crippen molar-refractivity contribution < 1.29 is 0 Å². The summed E-state index contributed by atoms with van der Waals surface area (Å²) in [5.41, 5.74) is 0. The zero-order valence-corrected chi connectivity index (χ0v) is 13.6. The third-order valence-corrected chi connectivity index (χ3v) is 5.64. The van der Waals surface area contributed by atoms with E-state index in [4.69, 9.17) is 11.6 Å². The van der Waals surface area contributed by atoms with Gasteiger partial charge < -0.3 is 0 Å². The van der Waals surface area contributed by atoms with Gasteiger partial charge in [0.25, 0.3) is 0 Å². The molecule has 0 unspecified atom stereocenters. The molecular formula is C18H13ClS2. The van der Waals surface area contributed by atoms with Crippen LogP contribution in [0.1, 0.15) is 0 Å². The highest BCUT2D eigenvalue weighted by Crippen LogP contribution is 2.42. The zero-order valence-electron chi connectivity index (χ0n) is 11.2. The van der Waals surface area contributed by atoms with E-state index >= 15 is 0 Å². The molecular weight excluding hydrogens is 316 g/mol. The number of hydrogen-bond acceptors (Lipinski definition) is 2. The van der Waals surface area contributed by atoms with Crippen LogP contribution in [0.3, 0.4) is 0 Å². The summed E-state index contributed by atoms with van der Waals surface area (Å²) in [6, 6.07) is 26.7. The van der Waals surface area contributed by atoms with Crippen molar-refractivity contribution in [3.05, 3.63) is 83.9 Å². The first-order chi connectivity index (χ1) is 10.3. The largest absolute Gasteiger partial charge is 0.0889 e. The molecule has 0 aliphatic heterocycles. The van der Waals surface area contributed by atoms with E-state index in [1.54, 1.807) is 23.5 Å².